The topological polar surface area (TPSA) is 88.2 Å². The van der Waals surface area contributed by atoms with Gasteiger partial charge in [-0.15, -0.1) is 0 Å². The second-order valence-corrected chi connectivity index (χ2v) is 17.7. The molecule has 1 N–H and O–H groups in total. The number of benzene rings is 3. The van der Waals surface area contributed by atoms with Crippen molar-refractivity contribution in [3.63, 3.8) is 0 Å². The molecule has 0 radical (unpaired) electrons. The Bertz CT molecular complexity index is 1530. The van der Waals surface area contributed by atoms with Crippen molar-refractivity contribution in [3.8, 4) is 0 Å². The summed E-state index contributed by atoms with van der Waals surface area (Å²) >= 11 is 0. The van der Waals surface area contributed by atoms with Crippen molar-refractivity contribution in [3.05, 3.63) is 84.7 Å². The van der Waals surface area contributed by atoms with Crippen LogP contribution in [-0.2, 0) is 18.8 Å². The zero-order valence-electron chi connectivity index (χ0n) is 26.2. The summed E-state index contributed by atoms with van der Waals surface area (Å²) in [5, 5.41) is 4.71. The number of anilines is 2. The minimum atomic E-state index is -2.81. The molecule has 1 saturated carbocycles. The van der Waals surface area contributed by atoms with Gasteiger partial charge in [-0.3, -0.25) is 14.5 Å². The van der Waals surface area contributed by atoms with Crippen LogP contribution in [0.25, 0.3) is 0 Å². The van der Waals surface area contributed by atoms with Crippen LogP contribution in [0.2, 0.25) is 5.04 Å². The van der Waals surface area contributed by atoms with Gasteiger partial charge in [-0.25, -0.2) is 9.18 Å². The van der Waals surface area contributed by atoms with E-state index in [4.69, 9.17) is 9.16 Å². The maximum absolute atomic E-state index is 15.4. The van der Waals surface area contributed by atoms with Crippen molar-refractivity contribution in [2.45, 2.75) is 38.8 Å². The van der Waals surface area contributed by atoms with Crippen LogP contribution in [0.3, 0.4) is 0 Å². The molecule has 3 fully saturated rings. The van der Waals surface area contributed by atoms with Gasteiger partial charge < -0.3 is 19.4 Å². The van der Waals surface area contributed by atoms with Crippen LogP contribution in [0, 0.1) is 23.6 Å². The van der Waals surface area contributed by atoms with Crippen LogP contribution in [0.4, 0.5) is 20.6 Å². The smallest absolute Gasteiger partial charge is 0.414 e. The lowest BCUT2D eigenvalue weighted by Crippen LogP contribution is -2.67. The number of amides is 2. The molecule has 2 saturated heterocycles. The molecular weight excluding hydrogens is 589 g/mol. The van der Waals surface area contributed by atoms with E-state index in [1.165, 1.54) is 17.9 Å². The molecule has 0 spiro atoms. The van der Waals surface area contributed by atoms with Gasteiger partial charge in [-0.05, 0) is 45.4 Å². The molecule has 3 aromatic rings. The molecule has 0 aromatic heterocycles. The van der Waals surface area contributed by atoms with Crippen molar-refractivity contribution in [1.82, 2.24) is 5.32 Å². The summed E-state index contributed by atoms with van der Waals surface area (Å²) in [7, 11) is -2.81. The summed E-state index contributed by atoms with van der Waals surface area (Å²) in [5.41, 5.74) is 0.868. The number of Topliss-reactive ketones (excluding diaryl/α,β-unsaturated/α-hetero) is 1. The molecule has 2 aliphatic heterocycles. The van der Waals surface area contributed by atoms with Gasteiger partial charge in [0.1, 0.15) is 11.9 Å². The fraction of sp³-hybridized carbons (Fsp3) is 0.400. The molecule has 0 bridgehead atoms. The summed E-state index contributed by atoms with van der Waals surface area (Å²) < 4.78 is 27.6. The third-order valence-electron chi connectivity index (χ3n) is 9.45. The van der Waals surface area contributed by atoms with Crippen LogP contribution >= 0.6 is 0 Å². The molecule has 8 nitrogen and oxygen atoms in total. The molecule has 2 heterocycles. The Morgan fingerprint density at radius 2 is 1.56 bits per heavy atom. The number of ether oxygens (including phenoxy) is 1. The minimum Gasteiger partial charge on any atom is -0.442 e. The van der Waals surface area contributed by atoms with Gasteiger partial charge in [0.2, 0.25) is 5.91 Å². The van der Waals surface area contributed by atoms with E-state index in [2.05, 4.69) is 50.4 Å². The Morgan fingerprint density at radius 3 is 2.09 bits per heavy atom. The maximum atomic E-state index is 15.4. The van der Waals surface area contributed by atoms with E-state index in [1.807, 2.05) is 41.3 Å². The number of fused-ring (bicyclic) bond motifs is 1. The number of halogens is 1. The Kier molecular flexibility index (Phi) is 8.30. The summed E-state index contributed by atoms with van der Waals surface area (Å²) in [6.45, 7) is 9.68. The predicted molar refractivity (Wildman–Crippen MR) is 174 cm³/mol. The molecule has 3 aromatic carbocycles. The molecule has 4 atom stereocenters. The lowest BCUT2D eigenvalue weighted by atomic mass is 10.1. The molecule has 6 rings (SSSR count). The first kappa shape index (κ1) is 31.0. The second kappa shape index (κ2) is 12.1. The third kappa shape index (κ3) is 5.89. The largest absolute Gasteiger partial charge is 0.442 e. The number of hydrogen-bond acceptors (Lipinski definition) is 6. The number of rotatable bonds is 10. The molecule has 236 valence electrons. The van der Waals surface area contributed by atoms with E-state index in [0.717, 1.165) is 10.4 Å². The second-order valence-electron chi connectivity index (χ2n) is 13.4. The number of nitrogens with zero attached hydrogens (tertiary/aromatic N) is 2. The van der Waals surface area contributed by atoms with Crippen molar-refractivity contribution < 1.29 is 27.9 Å². The fourth-order valence-corrected chi connectivity index (χ4v) is 11.8. The number of piperidine rings is 1. The normalized spacial score (nSPS) is 22.6. The average Bonchev–Trinajstić information content (AvgIpc) is 3.29. The Hall–Kier alpha value is -4.02. The summed E-state index contributed by atoms with van der Waals surface area (Å²) in [6, 6.07) is 25.4. The van der Waals surface area contributed by atoms with E-state index < -0.39 is 26.3 Å². The predicted octanol–water partition coefficient (Wildman–Crippen LogP) is 4.11. The quantitative estimate of drug-likeness (QED) is 0.340. The number of carbonyl (C=O) groups is 3. The molecule has 2 amide bonds. The van der Waals surface area contributed by atoms with Gasteiger partial charge in [0.05, 0.1) is 31.1 Å². The van der Waals surface area contributed by atoms with Crippen LogP contribution in [-0.4, -0.2) is 65.0 Å². The fourth-order valence-electron chi connectivity index (χ4n) is 7.25. The Morgan fingerprint density at radius 1 is 0.956 bits per heavy atom. The number of carbonyl (C=O) groups excluding carboxylic acids is 3. The minimum absolute atomic E-state index is 0.0584. The molecule has 1 unspecified atom stereocenters. The van der Waals surface area contributed by atoms with Gasteiger partial charge in [-0.2, -0.15) is 0 Å². The number of nitrogens with one attached hydrogen (secondary N) is 1. The molecule has 10 heteroatoms. The molecular formula is C35H40FN3O5Si. The van der Waals surface area contributed by atoms with E-state index in [0.29, 0.717) is 24.5 Å². The Balaban J connectivity index is 1.10. The summed E-state index contributed by atoms with van der Waals surface area (Å²) in [4.78, 5) is 40.6. The monoisotopic (exact) mass is 629 g/mol. The van der Waals surface area contributed by atoms with Gasteiger partial charge in [0.25, 0.3) is 8.32 Å². The number of hydrogen-bond donors (Lipinski definition) is 1. The van der Waals surface area contributed by atoms with E-state index >= 15 is 4.39 Å². The van der Waals surface area contributed by atoms with Gasteiger partial charge in [0, 0.05) is 25.9 Å². The molecule has 1 aliphatic carbocycles. The van der Waals surface area contributed by atoms with Crippen LogP contribution in [0.1, 0.15) is 27.7 Å². The van der Waals surface area contributed by atoms with Gasteiger partial charge >= 0.3 is 6.09 Å². The first-order chi connectivity index (χ1) is 21.5. The van der Waals surface area contributed by atoms with E-state index in [9.17, 15) is 14.4 Å². The zero-order chi connectivity index (χ0) is 31.9. The van der Waals surface area contributed by atoms with E-state index in [1.54, 1.807) is 12.1 Å². The van der Waals surface area contributed by atoms with Crippen molar-refractivity contribution in [2.24, 2.45) is 17.8 Å². The van der Waals surface area contributed by atoms with Crippen molar-refractivity contribution in [1.29, 1.82) is 0 Å². The average molecular weight is 630 g/mol. The SMILES string of the molecule is CC(=O)NC[C@H]1CN(c2ccc(N3C[C@@H]4C(C(=O)CO[Si](c5ccccc5)(c5ccccc5)C(C)(C)C)[C@@H]4C3)c(F)c2)C(=O)O1. The highest BCUT2D eigenvalue weighted by Crippen LogP contribution is 2.53. The Labute approximate surface area is 264 Å². The van der Waals surface area contributed by atoms with Crippen LogP contribution in [0.15, 0.2) is 78.9 Å². The molecule has 45 heavy (non-hydrogen) atoms. The van der Waals surface area contributed by atoms with Crippen molar-refractivity contribution >= 4 is 47.8 Å². The van der Waals surface area contributed by atoms with Crippen LogP contribution in [0.5, 0.6) is 0 Å². The highest BCUT2D eigenvalue weighted by molar-refractivity contribution is 6.99. The highest BCUT2D eigenvalue weighted by atomic mass is 28.4. The van der Waals surface area contributed by atoms with Gasteiger partial charge in [0.15, 0.2) is 5.78 Å². The maximum Gasteiger partial charge on any atom is 0.414 e. The lowest BCUT2D eigenvalue weighted by Gasteiger charge is -2.42. The summed E-state index contributed by atoms with van der Waals surface area (Å²) in [6.07, 6.45) is -1.06. The molecule has 3 aliphatic rings. The first-order valence-electron chi connectivity index (χ1n) is 15.5. The van der Waals surface area contributed by atoms with Crippen molar-refractivity contribution in [2.75, 3.05) is 42.6 Å². The highest BCUT2D eigenvalue weighted by Gasteiger charge is 2.60. The standard InChI is InChI=1S/C35H40FN3O5Si/c1-23(40)37-18-25-19-39(34(42)44-25)24-15-16-31(30(36)17-24)38-20-28-29(21-38)33(28)32(41)22-43-45(35(2,3)4,26-11-7-5-8-12-26)27-13-9-6-10-14-27/h5-17,25,28-29,33H,18-22H2,1-4H3,(H,37,40)/t25-,28-,29+,33?/m0/s1. The number of cyclic esters (lactones) is 1. The zero-order valence-corrected chi connectivity index (χ0v) is 27.2. The third-order valence-corrected chi connectivity index (χ3v) is 14.4. The lowest BCUT2D eigenvalue weighted by molar-refractivity contribution is -0.123. The van der Waals surface area contributed by atoms with E-state index in [-0.39, 0.29) is 54.2 Å². The first-order valence-corrected chi connectivity index (χ1v) is 17.4. The van der Waals surface area contributed by atoms with Gasteiger partial charge in [-0.1, -0.05) is 81.4 Å². The summed E-state index contributed by atoms with van der Waals surface area (Å²) in [5.74, 6) is -0.259. The van der Waals surface area contributed by atoms with Crippen LogP contribution < -0.4 is 25.5 Å². The number of ketones is 1.